The van der Waals surface area contributed by atoms with Crippen molar-refractivity contribution >= 4 is 29.1 Å². The molecule has 0 atom stereocenters. The van der Waals surface area contributed by atoms with Crippen molar-refractivity contribution in [3.05, 3.63) is 40.8 Å². The number of hydrogen-bond donors (Lipinski definition) is 1. The van der Waals surface area contributed by atoms with Gasteiger partial charge in [-0.1, -0.05) is 38.4 Å². The Labute approximate surface area is 140 Å². The molecule has 0 bridgehead atoms. The van der Waals surface area contributed by atoms with Gasteiger partial charge in [-0.05, 0) is 19.1 Å². The number of nitrogens with one attached hydrogen (secondary N) is 1. The van der Waals surface area contributed by atoms with Crippen molar-refractivity contribution in [1.82, 2.24) is 15.2 Å². The van der Waals surface area contributed by atoms with E-state index in [0.717, 1.165) is 5.69 Å². The van der Waals surface area contributed by atoms with Crippen LogP contribution in [0.2, 0.25) is 5.15 Å². The van der Waals surface area contributed by atoms with Crippen molar-refractivity contribution in [2.24, 2.45) is 0 Å². The van der Waals surface area contributed by atoms with Gasteiger partial charge in [-0.3, -0.25) is 0 Å². The van der Waals surface area contributed by atoms with E-state index in [2.05, 4.69) is 41.3 Å². The van der Waals surface area contributed by atoms with E-state index in [1.165, 1.54) is 6.07 Å². The van der Waals surface area contributed by atoms with Crippen LogP contribution in [0.15, 0.2) is 24.3 Å². The number of hydrogen-bond acceptors (Lipinski definition) is 6. The van der Waals surface area contributed by atoms with E-state index < -0.39 is 5.97 Å². The van der Waals surface area contributed by atoms with Crippen LogP contribution in [0.25, 0.3) is 0 Å². The van der Waals surface area contributed by atoms with Gasteiger partial charge in [0.25, 0.3) is 0 Å². The van der Waals surface area contributed by atoms with Crippen LogP contribution in [-0.2, 0) is 10.2 Å². The molecular formula is C16H19ClN4O2. The topological polar surface area (TPSA) is 77.0 Å². The van der Waals surface area contributed by atoms with Gasteiger partial charge in [-0.2, -0.15) is 0 Å². The lowest BCUT2D eigenvalue weighted by molar-refractivity contribution is 0.0519. The first-order valence-corrected chi connectivity index (χ1v) is 7.64. The molecule has 122 valence electrons. The minimum Gasteiger partial charge on any atom is -0.461 e. The van der Waals surface area contributed by atoms with Gasteiger partial charge in [-0.25, -0.2) is 9.78 Å². The molecule has 2 heterocycles. The van der Waals surface area contributed by atoms with Gasteiger partial charge in [0.05, 0.1) is 12.3 Å². The molecular weight excluding hydrogens is 316 g/mol. The van der Waals surface area contributed by atoms with Crippen LogP contribution in [0.3, 0.4) is 0 Å². The van der Waals surface area contributed by atoms with Crippen molar-refractivity contribution in [3.63, 3.8) is 0 Å². The molecule has 0 unspecified atom stereocenters. The summed E-state index contributed by atoms with van der Waals surface area (Å²) in [5.41, 5.74) is 1.31. The van der Waals surface area contributed by atoms with Crippen molar-refractivity contribution in [2.75, 3.05) is 11.9 Å². The van der Waals surface area contributed by atoms with Crippen LogP contribution < -0.4 is 5.32 Å². The Bertz CT molecular complexity index is 713. The van der Waals surface area contributed by atoms with E-state index in [-0.39, 0.29) is 22.9 Å². The summed E-state index contributed by atoms with van der Waals surface area (Å²) >= 11 is 5.88. The third-order valence-electron chi connectivity index (χ3n) is 3.01. The quantitative estimate of drug-likeness (QED) is 0.858. The molecule has 0 amide bonds. The maximum absolute atomic E-state index is 12.0. The highest BCUT2D eigenvalue weighted by atomic mass is 35.5. The van der Waals surface area contributed by atoms with Crippen molar-refractivity contribution < 1.29 is 9.53 Å². The van der Waals surface area contributed by atoms with E-state index in [1.807, 2.05) is 12.1 Å². The van der Waals surface area contributed by atoms with E-state index in [0.29, 0.717) is 11.5 Å². The Balaban J connectivity index is 2.36. The lowest BCUT2D eigenvalue weighted by atomic mass is 9.92. The van der Waals surface area contributed by atoms with E-state index in [9.17, 15) is 4.79 Å². The lowest BCUT2D eigenvalue weighted by Gasteiger charge is -2.18. The number of carbonyl (C=O) groups is 1. The fourth-order valence-electron chi connectivity index (χ4n) is 1.87. The van der Waals surface area contributed by atoms with E-state index in [1.54, 1.807) is 13.0 Å². The number of halogens is 1. The number of aromatic nitrogens is 3. The number of esters is 1. The van der Waals surface area contributed by atoms with Crippen LogP contribution in [0.1, 0.15) is 43.9 Å². The molecule has 0 spiro atoms. The summed E-state index contributed by atoms with van der Waals surface area (Å²) in [5.74, 6) is 0.0261. The van der Waals surface area contributed by atoms with Crippen LogP contribution in [-0.4, -0.2) is 27.8 Å². The number of ether oxygens (including phenoxy) is 1. The second-order valence-corrected chi connectivity index (χ2v) is 6.32. The van der Waals surface area contributed by atoms with Crippen molar-refractivity contribution in [3.8, 4) is 0 Å². The number of nitrogens with zero attached hydrogens (tertiary/aromatic N) is 3. The van der Waals surface area contributed by atoms with Gasteiger partial charge in [0.15, 0.2) is 10.8 Å². The Kier molecular flexibility index (Phi) is 5.15. The summed E-state index contributed by atoms with van der Waals surface area (Å²) in [6, 6.07) is 7.18. The smallest absolute Gasteiger partial charge is 0.361 e. The summed E-state index contributed by atoms with van der Waals surface area (Å²) in [6.45, 7) is 8.21. The van der Waals surface area contributed by atoms with Gasteiger partial charge in [0.1, 0.15) is 5.82 Å². The molecule has 2 rings (SSSR count). The fraction of sp³-hybridized carbons (Fsp3) is 0.375. The molecule has 0 radical (unpaired) electrons. The van der Waals surface area contributed by atoms with Crippen molar-refractivity contribution in [2.45, 2.75) is 33.1 Å². The molecule has 0 saturated heterocycles. The van der Waals surface area contributed by atoms with Gasteiger partial charge < -0.3 is 10.1 Å². The van der Waals surface area contributed by atoms with E-state index in [4.69, 9.17) is 16.3 Å². The first kappa shape index (κ1) is 17.1. The Hall–Kier alpha value is -2.21. The second kappa shape index (κ2) is 6.91. The summed E-state index contributed by atoms with van der Waals surface area (Å²) in [5, 5.41) is 10.8. The highest BCUT2D eigenvalue weighted by Crippen LogP contribution is 2.25. The molecule has 0 aromatic carbocycles. The molecule has 2 aromatic heterocycles. The predicted molar refractivity (Wildman–Crippen MR) is 89.2 cm³/mol. The zero-order chi connectivity index (χ0) is 17.0. The molecule has 0 fully saturated rings. The SMILES string of the molecule is CCOC(=O)c1nnc(Cl)cc1Nc1cccc(C(C)(C)C)n1. The third-order valence-corrected chi connectivity index (χ3v) is 3.20. The molecule has 0 saturated carbocycles. The Morgan fingerprint density at radius 3 is 2.70 bits per heavy atom. The van der Waals surface area contributed by atoms with Gasteiger partial charge in [0, 0.05) is 17.2 Å². The summed E-state index contributed by atoms with van der Waals surface area (Å²) in [4.78, 5) is 16.5. The maximum atomic E-state index is 12.0. The van der Waals surface area contributed by atoms with Crippen LogP contribution >= 0.6 is 11.6 Å². The first-order valence-electron chi connectivity index (χ1n) is 7.26. The van der Waals surface area contributed by atoms with Gasteiger partial charge >= 0.3 is 5.97 Å². The molecule has 23 heavy (non-hydrogen) atoms. The molecule has 1 N–H and O–H groups in total. The monoisotopic (exact) mass is 334 g/mol. The largest absolute Gasteiger partial charge is 0.461 e. The first-order chi connectivity index (χ1) is 10.8. The Morgan fingerprint density at radius 1 is 1.30 bits per heavy atom. The minimum atomic E-state index is -0.564. The highest BCUT2D eigenvalue weighted by molar-refractivity contribution is 6.29. The zero-order valence-corrected chi connectivity index (χ0v) is 14.3. The normalized spacial score (nSPS) is 11.2. The molecule has 2 aromatic rings. The molecule has 0 aliphatic heterocycles. The lowest BCUT2D eigenvalue weighted by Crippen LogP contribution is -2.15. The standard InChI is InChI=1S/C16H19ClN4O2/c1-5-23-15(22)14-10(9-12(17)20-21-14)18-13-8-6-7-11(19-13)16(2,3)4/h6-9H,5H2,1-4H3,(H,18,19,20). The molecule has 0 aliphatic carbocycles. The summed E-state index contributed by atoms with van der Waals surface area (Å²) in [7, 11) is 0. The highest BCUT2D eigenvalue weighted by Gasteiger charge is 2.18. The zero-order valence-electron chi connectivity index (χ0n) is 13.6. The molecule has 6 nitrogen and oxygen atoms in total. The summed E-state index contributed by atoms with van der Waals surface area (Å²) < 4.78 is 4.98. The third kappa shape index (κ3) is 4.39. The average Bonchev–Trinajstić information content (AvgIpc) is 2.47. The number of rotatable bonds is 4. The van der Waals surface area contributed by atoms with Gasteiger partial charge in [0.2, 0.25) is 0 Å². The second-order valence-electron chi connectivity index (χ2n) is 5.93. The molecule has 7 heteroatoms. The minimum absolute atomic E-state index is 0.0687. The van der Waals surface area contributed by atoms with E-state index >= 15 is 0 Å². The van der Waals surface area contributed by atoms with Crippen LogP contribution in [0.5, 0.6) is 0 Å². The fourth-order valence-corrected chi connectivity index (χ4v) is 2.02. The average molecular weight is 335 g/mol. The predicted octanol–water partition coefficient (Wildman–Crippen LogP) is 3.74. The van der Waals surface area contributed by atoms with Crippen LogP contribution in [0, 0.1) is 0 Å². The van der Waals surface area contributed by atoms with Crippen LogP contribution in [0.4, 0.5) is 11.5 Å². The Morgan fingerprint density at radius 2 is 2.04 bits per heavy atom. The number of carbonyl (C=O) groups excluding carboxylic acids is 1. The molecule has 0 aliphatic rings. The van der Waals surface area contributed by atoms with Crippen molar-refractivity contribution in [1.29, 1.82) is 0 Å². The summed E-state index contributed by atoms with van der Waals surface area (Å²) in [6.07, 6.45) is 0. The van der Waals surface area contributed by atoms with Gasteiger partial charge in [-0.15, -0.1) is 10.2 Å². The number of anilines is 2. The number of pyridine rings is 1. The maximum Gasteiger partial charge on any atom is 0.361 e.